The number of thioether (sulfide) groups is 1. The number of methoxy groups -OCH3 is 1. The van der Waals surface area contributed by atoms with Crippen molar-refractivity contribution < 1.29 is 14.3 Å². The van der Waals surface area contributed by atoms with Gasteiger partial charge < -0.3 is 14.5 Å². The molecule has 1 fully saturated rings. The zero-order valence-electron chi connectivity index (χ0n) is 16.7. The Kier molecular flexibility index (Phi) is 6.92. The number of piperazine rings is 1. The summed E-state index contributed by atoms with van der Waals surface area (Å²) in [6, 6.07) is 7.60. The van der Waals surface area contributed by atoms with E-state index in [0.29, 0.717) is 37.9 Å². The van der Waals surface area contributed by atoms with Crippen molar-refractivity contribution in [1.29, 1.82) is 0 Å². The van der Waals surface area contributed by atoms with Crippen molar-refractivity contribution in [2.75, 3.05) is 39.0 Å². The number of rotatable bonds is 7. The molecular weight excluding hydrogens is 390 g/mol. The van der Waals surface area contributed by atoms with Crippen LogP contribution >= 0.6 is 11.8 Å². The zero-order chi connectivity index (χ0) is 20.8. The second-order valence-electron chi connectivity index (χ2n) is 6.61. The average molecular weight is 416 g/mol. The predicted octanol–water partition coefficient (Wildman–Crippen LogP) is 1.92. The summed E-state index contributed by atoms with van der Waals surface area (Å²) in [6.45, 7) is 8.21. The van der Waals surface area contributed by atoms with E-state index in [9.17, 15) is 9.59 Å². The van der Waals surface area contributed by atoms with Crippen molar-refractivity contribution in [2.24, 2.45) is 0 Å². The maximum absolute atomic E-state index is 12.6. The third kappa shape index (κ3) is 4.97. The standard InChI is InChI=1S/C20H25N5O3S/c1-4-9-25-19(16-5-7-17(28-3)8-6-16)21-22-20(25)29-14-18(27)24-12-10-23(11-13-24)15(2)26/h4-8H,1,9-14H2,2-3H3. The van der Waals surface area contributed by atoms with Gasteiger partial charge in [0.2, 0.25) is 11.8 Å². The summed E-state index contributed by atoms with van der Waals surface area (Å²) in [5.41, 5.74) is 0.915. The van der Waals surface area contributed by atoms with E-state index < -0.39 is 0 Å². The van der Waals surface area contributed by atoms with Gasteiger partial charge in [0, 0.05) is 45.2 Å². The summed E-state index contributed by atoms with van der Waals surface area (Å²) in [4.78, 5) is 27.6. The molecule has 2 aromatic rings. The molecule has 0 saturated carbocycles. The molecule has 2 amide bonds. The van der Waals surface area contributed by atoms with E-state index in [1.54, 1.807) is 29.9 Å². The Labute approximate surface area is 174 Å². The molecule has 1 aromatic carbocycles. The molecule has 8 nitrogen and oxygen atoms in total. The lowest BCUT2D eigenvalue weighted by Crippen LogP contribution is -2.50. The minimum absolute atomic E-state index is 0.0392. The Morgan fingerprint density at radius 3 is 2.38 bits per heavy atom. The van der Waals surface area contributed by atoms with Gasteiger partial charge in [-0.15, -0.1) is 16.8 Å². The number of allylic oxidation sites excluding steroid dienone is 1. The van der Waals surface area contributed by atoms with Gasteiger partial charge in [0.1, 0.15) is 5.75 Å². The second kappa shape index (κ2) is 9.60. The van der Waals surface area contributed by atoms with Gasteiger partial charge in [0.25, 0.3) is 0 Å². The highest BCUT2D eigenvalue weighted by atomic mass is 32.2. The van der Waals surface area contributed by atoms with Crippen LogP contribution in [-0.4, -0.2) is 75.4 Å². The molecule has 2 heterocycles. The summed E-state index contributed by atoms with van der Waals surface area (Å²) in [6.07, 6.45) is 1.78. The van der Waals surface area contributed by atoms with Gasteiger partial charge in [0.05, 0.1) is 12.9 Å². The van der Waals surface area contributed by atoms with E-state index in [1.807, 2.05) is 28.8 Å². The van der Waals surface area contributed by atoms with Crippen molar-refractivity contribution >= 4 is 23.6 Å². The van der Waals surface area contributed by atoms with Gasteiger partial charge in [-0.25, -0.2) is 0 Å². The molecule has 0 N–H and O–H groups in total. The lowest BCUT2D eigenvalue weighted by Gasteiger charge is -2.34. The quantitative estimate of drug-likeness (QED) is 0.508. The smallest absolute Gasteiger partial charge is 0.233 e. The molecule has 1 aliphatic heterocycles. The van der Waals surface area contributed by atoms with Crippen LogP contribution in [-0.2, 0) is 16.1 Å². The highest BCUT2D eigenvalue weighted by molar-refractivity contribution is 7.99. The molecule has 154 valence electrons. The predicted molar refractivity (Wildman–Crippen MR) is 112 cm³/mol. The van der Waals surface area contributed by atoms with Crippen molar-refractivity contribution in [3.63, 3.8) is 0 Å². The Morgan fingerprint density at radius 1 is 1.14 bits per heavy atom. The van der Waals surface area contributed by atoms with Crippen LogP contribution in [0.5, 0.6) is 5.75 Å². The van der Waals surface area contributed by atoms with Crippen molar-refractivity contribution in [1.82, 2.24) is 24.6 Å². The van der Waals surface area contributed by atoms with Gasteiger partial charge >= 0.3 is 0 Å². The average Bonchev–Trinajstić information content (AvgIpc) is 3.15. The van der Waals surface area contributed by atoms with Crippen molar-refractivity contribution in [3.8, 4) is 17.1 Å². The topological polar surface area (TPSA) is 80.6 Å². The van der Waals surface area contributed by atoms with E-state index in [-0.39, 0.29) is 17.6 Å². The molecule has 0 unspecified atom stereocenters. The van der Waals surface area contributed by atoms with Gasteiger partial charge in [-0.05, 0) is 24.3 Å². The third-order valence-corrected chi connectivity index (χ3v) is 5.73. The normalized spacial score (nSPS) is 14.0. The van der Waals surface area contributed by atoms with Crippen LogP contribution in [0.3, 0.4) is 0 Å². The molecule has 1 aromatic heterocycles. The molecule has 0 radical (unpaired) electrons. The molecule has 9 heteroatoms. The first-order chi connectivity index (χ1) is 14.0. The molecule has 3 rings (SSSR count). The number of hydrogen-bond acceptors (Lipinski definition) is 6. The lowest BCUT2D eigenvalue weighted by atomic mass is 10.2. The summed E-state index contributed by atoms with van der Waals surface area (Å²) >= 11 is 1.36. The first-order valence-corrected chi connectivity index (χ1v) is 10.4. The second-order valence-corrected chi connectivity index (χ2v) is 7.55. The summed E-state index contributed by atoms with van der Waals surface area (Å²) in [5, 5.41) is 9.27. The molecule has 0 atom stereocenters. The van der Waals surface area contributed by atoms with Gasteiger partial charge in [-0.1, -0.05) is 17.8 Å². The van der Waals surface area contributed by atoms with Crippen molar-refractivity contribution in [3.05, 3.63) is 36.9 Å². The Hall–Kier alpha value is -2.81. The van der Waals surface area contributed by atoms with Crippen LogP contribution in [0.25, 0.3) is 11.4 Å². The summed E-state index contributed by atoms with van der Waals surface area (Å²) in [5.74, 6) is 1.86. The highest BCUT2D eigenvalue weighted by Crippen LogP contribution is 2.26. The fourth-order valence-corrected chi connectivity index (χ4v) is 3.98. The highest BCUT2D eigenvalue weighted by Gasteiger charge is 2.23. The van der Waals surface area contributed by atoms with E-state index in [2.05, 4.69) is 16.8 Å². The molecule has 29 heavy (non-hydrogen) atoms. The number of carbonyl (C=O) groups is 2. The van der Waals surface area contributed by atoms with Gasteiger partial charge in [-0.2, -0.15) is 0 Å². The number of ether oxygens (including phenoxy) is 1. The van der Waals surface area contributed by atoms with E-state index in [4.69, 9.17) is 4.74 Å². The Morgan fingerprint density at radius 2 is 1.79 bits per heavy atom. The first-order valence-electron chi connectivity index (χ1n) is 9.38. The summed E-state index contributed by atoms with van der Waals surface area (Å²) < 4.78 is 7.15. The largest absolute Gasteiger partial charge is 0.497 e. The molecule has 0 spiro atoms. The number of carbonyl (C=O) groups excluding carboxylic acids is 2. The van der Waals surface area contributed by atoms with Gasteiger partial charge in [-0.3, -0.25) is 14.2 Å². The molecule has 0 aliphatic carbocycles. The van der Waals surface area contributed by atoms with Crippen molar-refractivity contribution in [2.45, 2.75) is 18.6 Å². The molecule has 1 aliphatic rings. The fourth-order valence-electron chi connectivity index (χ4n) is 3.13. The molecular formula is C20H25N5O3S. The fraction of sp³-hybridized carbons (Fsp3) is 0.400. The number of hydrogen-bond donors (Lipinski definition) is 0. The molecule has 1 saturated heterocycles. The maximum Gasteiger partial charge on any atom is 0.233 e. The minimum atomic E-state index is 0.0392. The monoisotopic (exact) mass is 415 g/mol. The number of aromatic nitrogens is 3. The van der Waals surface area contributed by atoms with Crippen LogP contribution in [0.2, 0.25) is 0 Å². The third-order valence-electron chi connectivity index (χ3n) is 4.78. The molecule has 0 bridgehead atoms. The minimum Gasteiger partial charge on any atom is -0.497 e. The van der Waals surface area contributed by atoms with E-state index in [1.165, 1.54) is 11.8 Å². The number of amides is 2. The van der Waals surface area contributed by atoms with Crippen LogP contribution < -0.4 is 4.74 Å². The zero-order valence-corrected chi connectivity index (χ0v) is 17.5. The van der Waals surface area contributed by atoms with Crippen LogP contribution in [0, 0.1) is 0 Å². The lowest BCUT2D eigenvalue weighted by molar-refractivity contribution is -0.136. The van der Waals surface area contributed by atoms with E-state index in [0.717, 1.165) is 17.1 Å². The Balaban J connectivity index is 1.66. The van der Waals surface area contributed by atoms with Crippen LogP contribution in [0.15, 0.2) is 42.1 Å². The first kappa shape index (κ1) is 20.9. The van der Waals surface area contributed by atoms with Crippen LogP contribution in [0.1, 0.15) is 6.92 Å². The Bertz CT molecular complexity index is 873. The number of nitrogens with zero attached hydrogens (tertiary/aromatic N) is 5. The number of benzene rings is 1. The van der Waals surface area contributed by atoms with Gasteiger partial charge in [0.15, 0.2) is 11.0 Å². The summed E-state index contributed by atoms with van der Waals surface area (Å²) in [7, 11) is 1.63. The van der Waals surface area contributed by atoms with Crippen LogP contribution in [0.4, 0.5) is 0 Å². The SMILES string of the molecule is C=CCn1c(SCC(=O)N2CCN(C(C)=O)CC2)nnc1-c1ccc(OC)cc1. The van der Waals surface area contributed by atoms with E-state index >= 15 is 0 Å². The maximum atomic E-state index is 12.6.